The lowest BCUT2D eigenvalue weighted by Crippen LogP contribution is -2.40. The normalized spacial score (nSPS) is 19.8. The standard InChI is InChI=1S/C24H37N3O5/c1-31-13-8-12-25-23(29)20-16-27(15-19-11-7-14-32-19)17-21(22(20)28)24(30)26-18-9-5-3-2-4-6-10-18/h16-19H,2-15H2,1H3,(H,25,29)(H,26,30). The predicted octanol–water partition coefficient (Wildman–Crippen LogP) is 2.64. The van der Waals surface area contributed by atoms with Crippen molar-refractivity contribution in [2.24, 2.45) is 0 Å². The lowest BCUT2D eigenvalue weighted by Gasteiger charge is -2.21. The van der Waals surface area contributed by atoms with E-state index in [9.17, 15) is 14.4 Å². The van der Waals surface area contributed by atoms with Crippen molar-refractivity contribution in [1.82, 2.24) is 15.2 Å². The van der Waals surface area contributed by atoms with Crippen molar-refractivity contribution in [3.63, 3.8) is 0 Å². The summed E-state index contributed by atoms with van der Waals surface area (Å²) in [4.78, 5) is 38.9. The van der Waals surface area contributed by atoms with Gasteiger partial charge >= 0.3 is 0 Å². The van der Waals surface area contributed by atoms with Gasteiger partial charge in [0.1, 0.15) is 11.1 Å². The van der Waals surface area contributed by atoms with Crippen molar-refractivity contribution in [3.8, 4) is 0 Å². The molecule has 8 heteroatoms. The molecule has 2 N–H and O–H groups in total. The van der Waals surface area contributed by atoms with Crippen LogP contribution in [-0.4, -0.2) is 55.4 Å². The topological polar surface area (TPSA) is 98.7 Å². The first kappa shape index (κ1) is 24.5. The van der Waals surface area contributed by atoms with Gasteiger partial charge in [-0.2, -0.15) is 0 Å². The molecule has 1 saturated carbocycles. The number of hydrogen-bond acceptors (Lipinski definition) is 5. The summed E-state index contributed by atoms with van der Waals surface area (Å²) in [6.07, 6.45) is 13.3. The van der Waals surface area contributed by atoms with E-state index in [2.05, 4.69) is 10.6 Å². The zero-order valence-corrected chi connectivity index (χ0v) is 19.2. The van der Waals surface area contributed by atoms with Crippen LogP contribution in [0.5, 0.6) is 0 Å². The van der Waals surface area contributed by atoms with E-state index in [-0.39, 0.29) is 23.3 Å². The average molecular weight is 448 g/mol. The molecule has 2 amide bonds. The third kappa shape index (κ3) is 7.17. The molecule has 1 aromatic rings. The van der Waals surface area contributed by atoms with Crippen LogP contribution in [0.2, 0.25) is 0 Å². The Labute approximate surface area is 190 Å². The molecule has 1 aliphatic heterocycles. The summed E-state index contributed by atoms with van der Waals surface area (Å²) >= 11 is 0. The molecular weight excluding hydrogens is 410 g/mol. The summed E-state index contributed by atoms with van der Waals surface area (Å²) < 4.78 is 12.5. The number of ether oxygens (including phenoxy) is 2. The van der Waals surface area contributed by atoms with E-state index in [1.54, 1.807) is 24.1 Å². The Hall–Kier alpha value is -2.19. The van der Waals surface area contributed by atoms with Gasteiger partial charge in [0.15, 0.2) is 0 Å². The highest BCUT2D eigenvalue weighted by Crippen LogP contribution is 2.18. The van der Waals surface area contributed by atoms with Crippen LogP contribution in [0.4, 0.5) is 0 Å². The van der Waals surface area contributed by atoms with Crippen molar-refractivity contribution in [2.45, 2.75) is 82.9 Å². The largest absolute Gasteiger partial charge is 0.385 e. The second-order valence-electron chi connectivity index (χ2n) is 8.86. The van der Waals surface area contributed by atoms with Crippen LogP contribution < -0.4 is 16.1 Å². The Balaban J connectivity index is 1.79. The van der Waals surface area contributed by atoms with Crippen molar-refractivity contribution >= 4 is 11.8 Å². The molecule has 2 aliphatic rings. The molecule has 3 rings (SSSR count). The molecule has 2 fully saturated rings. The smallest absolute Gasteiger partial charge is 0.256 e. The SMILES string of the molecule is COCCCNC(=O)c1cn(CC2CCCO2)cc(C(=O)NC2CCCCCCC2)c1=O. The lowest BCUT2D eigenvalue weighted by atomic mass is 9.96. The number of rotatable bonds is 9. The summed E-state index contributed by atoms with van der Waals surface area (Å²) in [6, 6.07) is 0.0698. The molecule has 1 aromatic heterocycles. The first-order chi connectivity index (χ1) is 15.6. The quantitative estimate of drug-likeness (QED) is 0.567. The molecule has 32 heavy (non-hydrogen) atoms. The molecule has 0 aromatic carbocycles. The zero-order chi connectivity index (χ0) is 22.8. The van der Waals surface area contributed by atoms with Gasteiger partial charge in [0.25, 0.3) is 11.8 Å². The van der Waals surface area contributed by atoms with Crippen molar-refractivity contribution < 1.29 is 19.1 Å². The minimum Gasteiger partial charge on any atom is -0.385 e. The summed E-state index contributed by atoms with van der Waals surface area (Å²) in [7, 11) is 1.60. The number of aromatic nitrogens is 1. The summed E-state index contributed by atoms with van der Waals surface area (Å²) in [6.45, 7) is 2.14. The van der Waals surface area contributed by atoms with Crippen LogP contribution in [0.1, 0.15) is 84.9 Å². The summed E-state index contributed by atoms with van der Waals surface area (Å²) in [5.41, 5.74) is -0.512. The fourth-order valence-electron chi connectivity index (χ4n) is 4.46. The van der Waals surface area contributed by atoms with Gasteiger partial charge in [-0.15, -0.1) is 0 Å². The predicted molar refractivity (Wildman–Crippen MR) is 122 cm³/mol. The van der Waals surface area contributed by atoms with Crippen LogP contribution in [0, 0.1) is 0 Å². The number of carbonyl (C=O) groups is 2. The minimum atomic E-state index is -0.527. The van der Waals surface area contributed by atoms with Crippen molar-refractivity contribution in [3.05, 3.63) is 33.7 Å². The van der Waals surface area contributed by atoms with Crippen LogP contribution in [-0.2, 0) is 16.0 Å². The monoisotopic (exact) mass is 447 g/mol. The van der Waals surface area contributed by atoms with Crippen LogP contribution in [0.25, 0.3) is 0 Å². The van der Waals surface area contributed by atoms with Crippen molar-refractivity contribution in [1.29, 1.82) is 0 Å². The molecule has 0 bridgehead atoms. The molecule has 1 atom stereocenters. The number of nitrogens with zero attached hydrogens (tertiary/aromatic N) is 1. The molecule has 178 valence electrons. The molecule has 1 aliphatic carbocycles. The summed E-state index contributed by atoms with van der Waals surface area (Å²) in [5.74, 6) is -0.858. The molecule has 1 unspecified atom stereocenters. The number of hydrogen-bond donors (Lipinski definition) is 2. The molecule has 8 nitrogen and oxygen atoms in total. The second-order valence-corrected chi connectivity index (χ2v) is 8.86. The Morgan fingerprint density at radius 3 is 2.38 bits per heavy atom. The first-order valence-corrected chi connectivity index (χ1v) is 12.0. The van der Waals surface area contributed by atoms with Crippen LogP contribution >= 0.6 is 0 Å². The minimum absolute atomic E-state index is 0.00858. The van der Waals surface area contributed by atoms with Gasteiger partial charge in [-0.25, -0.2) is 0 Å². The van der Waals surface area contributed by atoms with E-state index >= 15 is 0 Å². The number of nitrogens with one attached hydrogen (secondary N) is 2. The molecular formula is C24H37N3O5. The van der Waals surface area contributed by atoms with Gasteiger partial charge in [0.05, 0.1) is 6.10 Å². The number of carbonyl (C=O) groups excluding carboxylic acids is 2. The number of amides is 2. The number of methoxy groups -OCH3 is 1. The van der Waals surface area contributed by atoms with Gasteiger partial charge in [-0.3, -0.25) is 14.4 Å². The highest BCUT2D eigenvalue weighted by molar-refractivity contribution is 5.99. The maximum atomic E-state index is 13.1. The maximum absolute atomic E-state index is 13.1. The highest BCUT2D eigenvalue weighted by atomic mass is 16.5. The Bertz CT molecular complexity index is 808. The fourth-order valence-corrected chi connectivity index (χ4v) is 4.46. The van der Waals surface area contributed by atoms with Crippen LogP contribution in [0.3, 0.4) is 0 Å². The van der Waals surface area contributed by atoms with Crippen LogP contribution in [0.15, 0.2) is 17.2 Å². The Morgan fingerprint density at radius 2 is 1.72 bits per heavy atom. The van der Waals surface area contributed by atoms with Gasteiger partial charge < -0.3 is 24.7 Å². The van der Waals surface area contributed by atoms with Gasteiger partial charge in [0.2, 0.25) is 5.43 Å². The average Bonchev–Trinajstić information content (AvgIpc) is 3.27. The molecule has 1 saturated heterocycles. The summed E-state index contributed by atoms with van der Waals surface area (Å²) in [5, 5.41) is 5.82. The fraction of sp³-hybridized carbons (Fsp3) is 0.708. The third-order valence-electron chi connectivity index (χ3n) is 6.26. The van der Waals surface area contributed by atoms with Crippen molar-refractivity contribution in [2.75, 3.05) is 26.9 Å². The second kappa shape index (κ2) is 12.7. The number of pyridine rings is 1. The van der Waals surface area contributed by atoms with Gasteiger partial charge in [-0.05, 0) is 32.1 Å². The zero-order valence-electron chi connectivity index (χ0n) is 19.2. The van der Waals surface area contributed by atoms with E-state index in [1.807, 2.05) is 0 Å². The first-order valence-electron chi connectivity index (χ1n) is 12.0. The van der Waals surface area contributed by atoms with E-state index in [0.717, 1.165) is 38.5 Å². The lowest BCUT2D eigenvalue weighted by molar-refractivity contribution is 0.0914. The van der Waals surface area contributed by atoms with Gasteiger partial charge in [0, 0.05) is 51.8 Å². The Kier molecular flexibility index (Phi) is 9.74. The molecule has 0 radical (unpaired) electrons. The van der Waals surface area contributed by atoms with E-state index in [0.29, 0.717) is 32.7 Å². The Morgan fingerprint density at radius 1 is 1.03 bits per heavy atom. The third-order valence-corrected chi connectivity index (χ3v) is 6.26. The van der Waals surface area contributed by atoms with E-state index in [1.165, 1.54) is 19.3 Å². The van der Waals surface area contributed by atoms with E-state index in [4.69, 9.17) is 9.47 Å². The van der Waals surface area contributed by atoms with E-state index < -0.39 is 17.2 Å². The highest BCUT2D eigenvalue weighted by Gasteiger charge is 2.23. The maximum Gasteiger partial charge on any atom is 0.256 e. The van der Waals surface area contributed by atoms with Gasteiger partial charge in [-0.1, -0.05) is 32.1 Å². The molecule has 2 heterocycles. The molecule has 0 spiro atoms.